The summed E-state index contributed by atoms with van der Waals surface area (Å²) >= 11 is 15.8. The molecule has 0 amide bonds. The lowest BCUT2D eigenvalue weighted by Gasteiger charge is -2.14. The molecule has 2 aromatic rings. The number of rotatable bonds is 4. The lowest BCUT2D eigenvalue weighted by Crippen LogP contribution is -2.16. The fourth-order valence-corrected chi connectivity index (χ4v) is 3.37. The molecule has 0 aliphatic rings. The Kier molecular flexibility index (Phi) is 5.13. The first-order chi connectivity index (χ1) is 9.43. The quantitative estimate of drug-likeness (QED) is 0.864. The Balaban J connectivity index is 2.30. The van der Waals surface area contributed by atoms with Crippen molar-refractivity contribution >= 4 is 39.1 Å². The van der Waals surface area contributed by atoms with Crippen LogP contribution in [0.1, 0.15) is 29.9 Å². The molecule has 1 atom stereocenters. The van der Waals surface area contributed by atoms with E-state index in [-0.39, 0.29) is 6.04 Å². The fourth-order valence-electron chi connectivity index (χ4n) is 2.16. The van der Waals surface area contributed by atoms with E-state index in [1.54, 1.807) is 12.1 Å². The normalized spacial score (nSPS) is 12.7. The van der Waals surface area contributed by atoms with Gasteiger partial charge in [0, 0.05) is 29.6 Å². The highest BCUT2D eigenvalue weighted by molar-refractivity contribution is 9.10. The molecule has 0 spiro atoms. The van der Waals surface area contributed by atoms with Gasteiger partial charge in [0.25, 0.3) is 0 Å². The molecule has 0 aliphatic carbocycles. The van der Waals surface area contributed by atoms with Crippen molar-refractivity contribution in [2.75, 3.05) is 0 Å². The monoisotopic (exact) mass is 375 g/mol. The minimum absolute atomic E-state index is 0.224. The van der Waals surface area contributed by atoms with Crippen LogP contribution in [0.5, 0.6) is 0 Å². The van der Waals surface area contributed by atoms with Crippen molar-refractivity contribution in [1.29, 1.82) is 0 Å². The summed E-state index contributed by atoms with van der Waals surface area (Å²) in [6, 6.07) is 5.13. The Morgan fingerprint density at radius 1 is 1.40 bits per heavy atom. The highest BCUT2D eigenvalue weighted by atomic mass is 79.9. The average Bonchev–Trinajstić information content (AvgIpc) is 2.68. The smallest absolute Gasteiger partial charge is 0.0766 e. The number of nitrogens with zero attached hydrogens (tertiary/aromatic N) is 2. The third kappa shape index (κ3) is 3.19. The molecule has 1 unspecified atom stereocenters. The van der Waals surface area contributed by atoms with E-state index in [9.17, 15) is 0 Å². The zero-order valence-corrected chi connectivity index (χ0v) is 14.4. The minimum atomic E-state index is -0.224. The number of aryl methyl sites for hydroxylation is 2. The van der Waals surface area contributed by atoms with Gasteiger partial charge in [-0.2, -0.15) is 5.10 Å². The average molecular weight is 377 g/mol. The number of halogens is 3. The van der Waals surface area contributed by atoms with Crippen LogP contribution < -0.4 is 5.73 Å². The predicted octanol–water partition coefficient (Wildman–Crippen LogP) is 4.29. The van der Waals surface area contributed by atoms with Crippen molar-refractivity contribution in [3.63, 3.8) is 0 Å². The third-order valence-corrected chi connectivity index (χ3v) is 4.77. The van der Waals surface area contributed by atoms with E-state index < -0.39 is 0 Å². The summed E-state index contributed by atoms with van der Waals surface area (Å²) in [6.07, 6.45) is 1.52. The van der Waals surface area contributed by atoms with Gasteiger partial charge in [-0.25, -0.2) is 0 Å². The van der Waals surface area contributed by atoms with E-state index in [1.165, 1.54) is 0 Å². The van der Waals surface area contributed by atoms with Gasteiger partial charge in [0.05, 0.1) is 15.9 Å². The number of aromatic nitrogens is 2. The molecule has 0 radical (unpaired) electrons. The lowest BCUT2D eigenvalue weighted by atomic mass is 10.0. The second-order valence-corrected chi connectivity index (χ2v) is 6.30. The topological polar surface area (TPSA) is 43.8 Å². The van der Waals surface area contributed by atoms with Crippen LogP contribution in [0.15, 0.2) is 22.7 Å². The molecule has 0 aliphatic heterocycles. The van der Waals surface area contributed by atoms with Crippen molar-refractivity contribution in [2.24, 2.45) is 12.8 Å². The van der Waals surface area contributed by atoms with E-state index in [4.69, 9.17) is 28.9 Å². The van der Waals surface area contributed by atoms with Gasteiger partial charge in [-0.15, -0.1) is 0 Å². The number of benzene rings is 1. The molecule has 20 heavy (non-hydrogen) atoms. The first kappa shape index (κ1) is 15.8. The van der Waals surface area contributed by atoms with E-state index in [0.29, 0.717) is 16.5 Å². The lowest BCUT2D eigenvalue weighted by molar-refractivity contribution is 0.637. The van der Waals surface area contributed by atoms with Gasteiger partial charge in [-0.3, -0.25) is 4.68 Å². The molecule has 2 rings (SSSR count). The number of hydrogen-bond donors (Lipinski definition) is 1. The first-order valence-corrected chi connectivity index (χ1v) is 7.89. The summed E-state index contributed by atoms with van der Waals surface area (Å²) in [5.74, 6) is 0. The van der Waals surface area contributed by atoms with Crippen molar-refractivity contribution in [3.05, 3.63) is 49.7 Å². The molecule has 108 valence electrons. The van der Waals surface area contributed by atoms with Crippen LogP contribution >= 0.6 is 39.1 Å². The van der Waals surface area contributed by atoms with Gasteiger partial charge in [0.2, 0.25) is 0 Å². The highest BCUT2D eigenvalue weighted by Crippen LogP contribution is 2.30. The first-order valence-electron chi connectivity index (χ1n) is 6.34. The maximum absolute atomic E-state index is 6.28. The molecule has 2 N–H and O–H groups in total. The molecule has 0 bridgehead atoms. The van der Waals surface area contributed by atoms with Gasteiger partial charge in [0.1, 0.15) is 0 Å². The fraction of sp³-hybridized carbons (Fsp3) is 0.357. The Bertz CT molecular complexity index is 625. The van der Waals surface area contributed by atoms with Crippen molar-refractivity contribution < 1.29 is 0 Å². The molecule has 0 saturated carbocycles. The molecule has 3 nitrogen and oxygen atoms in total. The molecule has 0 fully saturated rings. The third-order valence-electron chi connectivity index (χ3n) is 3.27. The SMILES string of the molecule is CCc1nn(C)c(CC(N)c2cc(Cl)ccc2Cl)c1Br. The molecule has 1 aromatic heterocycles. The second kappa shape index (κ2) is 6.48. The minimum Gasteiger partial charge on any atom is -0.324 e. The van der Waals surface area contributed by atoms with Crippen LogP contribution in [0.2, 0.25) is 10.0 Å². The van der Waals surface area contributed by atoms with Crippen LogP contribution in [0.4, 0.5) is 0 Å². The van der Waals surface area contributed by atoms with E-state index in [0.717, 1.165) is 27.8 Å². The number of nitrogens with two attached hydrogens (primary N) is 1. The molecule has 0 saturated heterocycles. The maximum atomic E-state index is 6.28. The van der Waals surface area contributed by atoms with Gasteiger partial charge in [0.15, 0.2) is 0 Å². The van der Waals surface area contributed by atoms with Crippen molar-refractivity contribution in [3.8, 4) is 0 Å². The van der Waals surface area contributed by atoms with Crippen LogP contribution in [-0.2, 0) is 19.9 Å². The summed E-state index contributed by atoms with van der Waals surface area (Å²) in [4.78, 5) is 0. The Labute approximate surface area is 137 Å². The van der Waals surface area contributed by atoms with Gasteiger partial charge >= 0.3 is 0 Å². The Morgan fingerprint density at radius 2 is 2.10 bits per heavy atom. The van der Waals surface area contributed by atoms with E-state index in [1.807, 2.05) is 17.8 Å². The molecule has 1 aromatic carbocycles. The maximum Gasteiger partial charge on any atom is 0.0766 e. The second-order valence-electron chi connectivity index (χ2n) is 4.66. The standard InChI is InChI=1S/C14H16BrCl2N3/c1-3-12-14(15)13(20(2)19-12)7-11(18)9-6-8(16)4-5-10(9)17/h4-6,11H,3,7,18H2,1-2H3. The summed E-state index contributed by atoms with van der Waals surface area (Å²) < 4.78 is 2.89. The summed E-state index contributed by atoms with van der Waals surface area (Å²) in [5, 5.41) is 5.74. The zero-order valence-electron chi connectivity index (χ0n) is 11.3. The molecule has 1 heterocycles. The predicted molar refractivity (Wildman–Crippen MR) is 87.4 cm³/mol. The van der Waals surface area contributed by atoms with Crippen LogP contribution in [0.25, 0.3) is 0 Å². The van der Waals surface area contributed by atoms with E-state index >= 15 is 0 Å². The number of hydrogen-bond acceptors (Lipinski definition) is 2. The van der Waals surface area contributed by atoms with Gasteiger partial charge in [-0.1, -0.05) is 30.1 Å². The van der Waals surface area contributed by atoms with Gasteiger partial charge in [-0.05, 0) is 46.1 Å². The largest absolute Gasteiger partial charge is 0.324 e. The summed E-state index contributed by atoms with van der Waals surface area (Å²) in [6.45, 7) is 2.07. The summed E-state index contributed by atoms with van der Waals surface area (Å²) in [7, 11) is 1.92. The Hall–Kier alpha value is -0.550. The van der Waals surface area contributed by atoms with E-state index in [2.05, 4.69) is 28.0 Å². The Morgan fingerprint density at radius 3 is 2.70 bits per heavy atom. The molecule has 6 heteroatoms. The van der Waals surface area contributed by atoms with Crippen LogP contribution in [0.3, 0.4) is 0 Å². The molecular weight excluding hydrogens is 361 g/mol. The zero-order chi connectivity index (χ0) is 14.9. The van der Waals surface area contributed by atoms with Crippen LogP contribution in [-0.4, -0.2) is 9.78 Å². The van der Waals surface area contributed by atoms with Crippen molar-refractivity contribution in [1.82, 2.24) is 9.78 Å². The molecular formula is C14H16BrCl2N3. The highest BCUT2D eigenvalue weighted by Gasteiger charge is 2.18. The van der Waals surface area contributed by atoms with Crippen molar-refractivity contribution in [2.45, 2.75) is 25.8 Å². The summed E-state index contributed by atoms with van der Waals surface area (Å²) in [5.41, 5.74) is 9.23. The van der Waals surface area contributed by atoms with Crippen LogP contribution in [0, 0.1) is 0 Å². The van der Waals surface area contributed by atoms with Gasteiger partial charge < -0.3 is 5.73 Å².